The number of amides is 1. The maximum Gasteiger partial charge on any atom is 0.276 e. The summed E-state index contributed by atoms with van der Waals surface area (Å²) in [6.45, 7) is 0. The summed E-state index contributed by atoms with van der Waals surface area (Å²) in [7, 11) is 3.75. The van der Waals surface area contributed by atoms with Crippen molar-refractivity contribution in [3.8, 4) is 5.69 Å². The molecule has 0 aliphatic heterocycles. The topological polar surface area (TPSA) is 50.2 Å². The van der Waals surface area contributed by atoms with E-state index < -0.39 is 0 Å². The zero-order valence-electron chi connectivity index (χ0n) is 13.7. The first kappa shape index (κ1) is 17.0. The van der Waals surface area contributed by atoms with Gasteiger partial charge in [0.15, 0.2) is 5.69 Å². The quantitative estimate of drug-likeness (QED) is 0.767. The van der Waals surface area contributed by atoms with E-state index >= 15 is 0 Å². The summed E-state index contributed by atoms with van der Waals surface area (Å²) >= 11 is 6.02. The van der Waals surface area contributed by atoms with Crippen molar-refractivity contribution in [2.75, 3.05) is 24.3 Å². The maximum absolute atomic E-state index is 13.3. The van der Waals surface area contributed by atoms with E-state index in [-0.39, 0.29) is 17.4 Å². The summed E-state index contributed by atoms with van der Waals surface area (Å²) in [5.74, 6) is -0.742. The van der Waals surface area contributed by atoms with Crippen LogP contribution in [0.4, 0.5) is 15.8 Å². The Balaban J connectivity index is 1.85. The second-order valence-corrected chi connectivity index (χ2v) is 6.07. The molecule has 1 amide bonds. The van der Waals surface area contributed by atoms with E-state index in [4.69, 9.17) is 11.6 Å². The van der Waals surface area contributed by atoms with E-state index in [9.17, 15) is 9.18 Å². The minimum absolute atomic E-state index is 0.217. The number of carbonyl (C=O) groups excluding carboxylic acids is 1. The van der Waals surface area contributed by atoms with E-state index in [2.05, 4.69) is 10.4 Å². The van der Waals surface area contributed by atoms with Gasteiger partial charge in [-0.1, -0.05) is 17.7 Å². The number of aromatic nitrogens is 2. The molecular weight excluding hydrogens is 343 g/mol. The maximum atomic E-state index is 13.3. The Hall–Kier alpha value is -2.86. The van der Waals surface area contributed by atoms with Gasteiger partial charge in [0.25, 0.3) is 5.91 Å². The number of benzene rings is 2. The van der Waals surface area contributed by atoms with Crippen LogP contribution in [-0.4, -0.2) is 29.8 Å². The molecule has 0 radical (unpaired) electrons. The van der Waals surface area contributed by atoms with Crippen molar-refractivity contribution in [3.05, 3.63) is 71.3 Å². The van der Waals surface area contributed by atoms with Gasteiger partial charge in [-0.15, -0.1) is 0 Å². The first-order chi connectivity index (χ1) is 11.9. The van der Waals surface area contributed by atoms with Crippen molar-refractivity contribution in [3.63, 3.8) is 0 Å². The monoisotopic (exact) mass is 358 g/mol. The van der Waals surface area contributed by atoms with Crippen LogP contribution in [0.2, 0.25) is 5.02 Å². The highest BCUT2D eigenvalue weighted by molar-refractivity contribution is 6.31. The molecule has 0 aliphatic rings. The molecule has 1 N–H and O–H groups in total. The lowest BCUT2D eigenvalue weighted by molar-refractivity contribution is 0.102. The molecule has 3 rings (SSSR count). The lowest BCUT2D eigenvalue weighted by Gasteiger charge is -2.17. The average Bonchev–Trinajstić information content (AvgIpc) is 3.05. The van der Waals surface area contributed by atoms with Crippen molar-refractivity contribution in [1.29, 1.82) is 0 Å². The molecule has 0 saturated carbocycles. The van der Waals surface area contributed by atoms with Crippen LogP contribution in [0.3, 0.4) is 0 Å². The summed E-state index contributed by atoms with van der Waals surface area (Å²) in [4.78, 5) is 14.4. The second-order valence-electron chi connectivity index (χ2n) is 5.64. The number of rotatable bonds is 4. The number of hydrogen-bond acceptors (Lipinski definition) is 3. The Morgan fingerprint density at radius 2 is 2.00 bits per heavy atom. The largest absolute Gasteiger partial charge is 0.376 e. The van der Waals surface area contributed by atoms with Crippen LogP contribution in [0.5, 0.6) is 0 Å². The van der Waals surface area contributed by atoms with E-state index in [1.165, 1.54) is 16.8 Å². The molecule has 0 atom stereocenters. The van der Waals surface area contributed by atoms with Gasteiger partial charge in [0, 0.05) is 25.3 Å². The molecule has 0 spiro atoms. The van der Waals surface area contributed by atoms with Gasteiger partial charge >= 0.3 is 0 Å². The second kappa shape index (κ2) is 6.94. The van der Waals surface area contributed by atoms with Crippen LogP contribution in [0.1, 0.15) is 10.5 Å². The van der Waals surface area contributed by atoms with Gasteiger partial charge in [0.1, 0.15) is 5.82 Å². The fourth-order valence-corrected chi connectivity index (χ4v) is 2.56. The Labute approximate surface area is 149 Å². The summed E-state index contributed by atoms with van der Waals surface area (Å²) in [6, 6.07) is 12.8. The molecule has 25 heavy (non-hydrogen) atoms. The Kier molecular flexibility index (Phi) is 4.72. The molecule has 2 aromatic carbocycles. The number of hydrogen-bond donors (Lipinski definition) is 1. The predicted molar refractivity (Wildman–Crippen MR) is 97.3 cm³/mol. The van der Waals surface area contributed by atoms with Crippen molar-refractivity contribution in [2.24, 2.45) is 0 Å². The molecule has 0 saturated heterocycles. The van der Waals surface area contributed by atoms with Gasteiger partial charge in [-0.05, 0) is 42.5 Å². The fraction of sp³-hybridized carbons (Fsp3) is 0.111. The Morgan fingerprint density at radius 1 is 1.20 bits per heavy atom. The minimum atomic E-state index is -0.375. The van der Waals surface area contributed by atoms with Gasteiger partial charge in [-0.2, -0.15) is 5.10 Å². The predicted octanol–water partition coefficient (Wildman–Crippen LogP) is 3.98. The molecule has 3 aromatic rings. The molecule has 5 nitrogen and oxygen atoms in total. The first-order valence-corrected chi connectivity index (χ1v) is 7.91. The smallest absolute Gasteiger partial charge is 0.276 e. The molecule has 0 unspecified atom stereocenters. The third-order valence-electron chi connectivity index (χ3n) is 3.58. The standard InChI is InChI=1S/C18H16ClFN4O/c1-23(2)17-7-6-12(19)10-16(17)21-18(25)15-8-9-24(22-15)14-5-3-4-13(20)11-14/h3-11H,1-2H3,(H,21,25). The van der Waals surface area contributed by atoms with E-state index in [0.29, 0.717) is 16.4 Å². The summed E-state index contributed by atoms with van der Waals surface area (Å²) in [6.07, 6.45) is 1.61. The minimum Gasteiger partial charge on any atom is -0.376 e. The van der Waals surface area contributed by atoms with Crippen molar-refractivity contribution >= 4 is 28.9 Å². The van der Waals surface area contributed by atoms with Crippen molar-refractivity contribution in [2.45, 2.75) is 0 Å². The van der Waals surface area contributed by atoms with Crippen LogP contribution in [0, 0.1) is 5.82 Å². The van der Waals surface area contributed by atoms with Crippen molar-refractivity contribution < 1.29 is 9.18 Å². The molecule has 7 heteroatoms. The number of carbonyl (C=O) groups is 1. The van der Waals surface area contributed by atoms with Crippen LogP contribution >= 0.6 is 11.6 Å². The fourth-order valence-electron chi connectivity index (χ4n) is 2.39. The SMILES string of the molecule is CN(C)c1ccc(Cl)cc1NC(=O)c1ccn(-c2cccc(F)c2)n1. The van der Waals surface area contributed by atoms with Gasteiger partial charge in [-0.3, -0.25) is 4.79 Å². The highest BCUT2D eigenvalue weighted by Gasteiger charge is 2.14. The molecule has 0 bridgehead atoms. The average molecular weight is 359 g/mol. The van der Waals surface area contributed by atoms with Gasteiger partial charge in [0.05, 0.1) is 17.1 Å². The van der Waals surface area contributed by atoms with Gasteiger partial charge in [0.2, 0.25) is 0 Å². The molecule has 0 fully saturated rings. The number of anilines is 2. The zero-order valence-corrected chi connectivity index (χ0v) is 14.5. The number of nitrogens with zero attached hydrogens (tertiary/aromatic N) is 3. The third-order valence-corrected chi connectivity index (χ3v) is 3.82. The number of nitrogens with one attached hydrogen (secondary N) is 1. The van der Waals surface area contributed by atoms with Gasteiger partial charge < -0.3 is 10.2 Å². The van der Waals surface area contributed by atoms with Gasteiger partial charge in [-0.25, -0.2) is 9.07 Å². The van der Waals surface area contributed by atoms with E-state index in [1.807, 2.05) is 25.1 Å². The molecular formula is C18H16ClFN4O. The highest BCUT2D eigenvalue weighted by Crippen LogP contribution is 2.28. The Morgan fingerprint density at radius 3 is 2.72 bits per heavy atom. The van der Waals surface area contributed by atoms with Crippen LogP contribution in [0.25, 0.3) is 5.69 Å². The molecule has 128 valence electrons. The van der Waals surface area contributed by atoms with Crippen LogP contribution < -0.4 is 10.2 Å². The lowest BCUT2D eigenvalue weighted by atomic mass is 10.2. The van der Waals surface area contributed by atoms with E-state index in [0.717, 1.165) is 5.69 Å². The third kappa shape index (κ3) is 3.80. The summed E-state index contributed by atoms with van der Waals surface area (Å²) in [5, 5.41) is 7.54. The van der Waals surface area contributed by atoms with Crippen LogP contribution in [0.15, 0.2) is 54.7 Å². The molecule has 1 aromatic heterocycles. The first-order valence-electron chi connectivity index (χ1n) is 7.54. The Bertz CT molecular complexity index is 923. The van der Waals surface area contributed by atoms with Crippen molar-refractivity contribution in [1.82, 2.24) is 9.78 Å². The van der Waals surface area contributed by atoms with E-state index in [1.54, 1.807) is 36.5 Å². The normalized spacial score (nSPS) is 10.6. The zero-order chi connectivity index (χ0) is 18.0. The molecule has 1 heterocycles. The molecule has 0 aliphatic carbocycles. The highest BCUT2D eigenvalue weighted by atomic mass is 35.5. The number of halogens is 2. The summed E-state index contributed by atoms with van der Waals surface area (Å²) in [5.41, 5.74) is 2.16. The lowest BCUT2D eigenvalue weighted by Crippen LogP contribution is -2.17. The summed E-state index contributed by atoms with van der Waals surface area (Å²) < 4.78 is 14.8. The van der Waals surface area contributed by atoms with Crippen LogP contribution in [-0.2, 0) is 0 Å².